The SMILES string of the molecule is CCc1c(C)sc(NC(=S)NC(=O)c2ccccc2OC(C)C)c1C(N)=O. The predicted molar refractivity (Wildman–Crippen MR) is 113 cm³/mol. The van der Waals surface area contributed by atoms with Crippen LogP contribution >= 0.6 is 23.6 Å². The van der Waals surface area contributed by atoms with Gasteiger partial charge in [-0.3, -0.25) is 14.9 Å². The average molecular weight is 406 g/mol. The number of primary amides is 1. The summed E-state index contributed by atoms with van der Waals surface area (Å²) in [7, 11) is 0. The summed E-state index contributed by atoms with van der Waals surface area (Å²) >= 11 is 6.63. The van der Waals surface area contributed by atoms with Crippen LogP contribution in [0.15, 0.2) is 24.3 Å². The number of carbonyl (C=O) groups is 2. The molecule has 2 aromatic rings. The molecule has 0 unspecified atom stereocenters. The van der Waals surface area contributed by atoms with E-state index in [0.717, 1.165) is 10.4 Å². The number of para-hydroxylation sites is 1. The maximum atomic E-state index is 12.6. The number of ether oxygens (including phenoxy) is 1. The van der Waals surface area contributed by atoms with Gasteiger partial charge in [0.05, 0.1) is 17.2 Å². The van der Waals surface area contributed by atoms with E-state index < -0.39 is 11.8 Å². The molecule has 4 N–H and O–H groups in total. The lowest BCUT2D eigenvalue weighted by atomic mass is 10.1. The van der Waals surface area contributed by atoms with Crippen LogP contribution in [-0.2, 0) is 6.42 Å². The van der Waals surface area contributed by atoms with Gasteiger partial charge in [0.25, 0.3) is 11.8 Å². The summed E-state index contributed by atoms with van der Waals surface area (Å²) in [6, 6.07) is 6.94. The van der Waals surface area contributed by atoms with Crippen molar-refractivity contribution in [2.24, 2.45) is 5.73 Å². The molecule has 27 heavy (non-hydrogen) atoms. The fraction of sp³-hybridized carbons (Fsp3) is 0.316. The second-order valence-electron chi connectivity index (χ2n) is 6.13. The van der Waals surface area contributed by atoms with Gasteiger partial charge in [0.2, 0.25) is 0 Å². The zero-order valence-corrected chi connectivity index (χ0v) is 17.3. The van der Waals surface area contributed by atoms with E-state index in [-0.39, 0.29) is 11.2 Å². The average Bonchev–Trinajstić information content (AvgIpc) is 2.89. The van der Waals surface area contributed by atoms with E-state index >= 15 is 0 Å². The number of nitrogens with two attached hydrogens (primary N) is 1. The van der Waals surface area contributed by atoms with Crippen LogP contribution in [0.2, 0.25) is 0 Å². The van der Waals surface area contributed by atoms with Crippen LogP contribution in [0.5, 0.6) is 5.75 Å². The Hall–Kier alpha value is -2.45. The van der Waals surface area contributed by atoms with Crippen LogP contribution in [0, 0.1) is 6.92 Å². The molecule has 0 aliphatic heterocycles. The zero-order valence-electron chi connectivity index (χ0n) is 15.7. The van der Waals surface area contributed by atoms with E-state index in [1.165, 1.54) is 11.3 Å². The number of amides is 2. The molecular formula is C19H23N3O3S2. The summed E-state index contributed by atoms with van der Waals surface area (Å²) in [5.74, 6) is -0.442. The first-order valence-corrected chi connectivity index (χ1v) is 9.77. The Bertz CT molecular complexity index is 875. The molecule has 0 radical (unpaired) electrons. The van der Waals surface area contributed by atoms with Crippen molar-refractivity contribution in [2.45, 2.75) is 40.2 Å². The van der Waals surface area contributed by atoms with Gasteiger partial charge in [-0.1, -0.05) is 19.1 Å². The third kappa shape index (κ3) is 5.05. The molecule has 0 fully saturated rings. The topological polar surface area (TPSA) is 93.4 Å². The van der Waals surface area contributed by atoms with Crippen LogP contribution in [0.25, 0.3) is 0 Å². The predicted octanol–water partition coefficient (Wildman–Crippen LogP) is 3.63. The van der Waals surface area contributed by atoms with E-state index in [0.29, 0.717) is 28.3 Å². The van der Waals surface area contributed by atoms with Crippen LogP contribution in [0.1, 0.15) is 51.9 Å². The quantitative estimate of drug-likeness (QED) is 0.638. The number of thiophene rings is 1. The largest absolute Gasteiger partial charge is 0.490 e. The zero-order chi connectivity index (χ0) is 20.1. The number of anilines is 1. The van der Waals surface area contributed by atoms with Crippen molar-refractivity contribution in [1.29, 1.82) is 0 Å². The Morgan fingerprint density at radius 2 is 1.96 bits per heavy atom. The summed E-state index contributed by atoms with van der Waals surface area (Å²) in [5, 5.41) is 6.18. The van der Waals surface area contributed by atoms with E-state index in [1.807, 2.05) is 27.7 Å². The lowest BCUT2D eigenvalue weighted by molar-refractivity contribution is 0.0970. The number of thiocarbonyl (C=S) groups is 1. The molecule has 0 aliphatic rings. The summed E-state index contributed by atoms with van der Waals surface area (Å²) in [6.45, 7) is 7.65. The molecule has 1 heterocycles. The van der Waals surface area contributed by atoms with Crippen molar-refractivity contribution < 1.29 is 14.3 Å². The molecule has 0 atom stereocenters. The van der Waals surface area contributed by atoms with Crippen molar-refractivity contribution >= 4 is 45.5 Å². The molecule has 6 nitrogen and oxygen atoms in total. The van der Waals surface area contributed by atoms with Gasteiger partial charge in [-0.2, -0.15) is 0 Å². The Labute approximate surface area is 168 Å². The second-order valence-corrected chi connectivity index (χ2v) is 7.76. The molecule has 0 saturated carbocycles. The molecule has 0 bridgehead atoms. The number of hydrogen-bond donors (Lipinski definition) is 3. The lowest BCUT2D eigenvalue weighted by Crippen LogP contribution is -2.34. The molecular weight excluding hydrogens is 382 g/mol. The fourth-order valence-electron chi connectivity index (χ4n) is 2.67. The number of benzene rings is 1. The highest BCUT2D eigenvalue weighted by atomic mass is 32.1. The highest BCUT2D eigenvalue weighted by Crippen LogP contribution is 2.33. The number of rotatable bonds is 6. The van der Waals surface area contributed by atoms with Crippen molar-refractivity contribution in [2.75, 3.05) is 5.32 Å². The number of nitrogens with one attached hydrogen (secondary N) is 2. The number of carbonyl (C=O) groups excluding carboxylic acids is 2. The van der Waals surface area contributed by atoms with Gasteiger partial charge in [-0.05, 0) is 57.1 Å². The maximum Gasteiger partial charge on any atom is 0.261 e. The van der Waals surface area contributed by atoms with Gasteiger partial charge in [0.1, 0.15) is 10.8 Å². The third-order valence-corrected chi connectivity index (χ3v) is 5.02. The summed E-state index contributed by atoms with van der Waals surface area (Å²) < 4.78 is 5.67. The first-order chi connectivity index (χ1) is 12.7. The Balaban J connectivity index is 2.18. The van der Waals surface area contributed by atoms with E-state index in [4.69, 9.17) is 22.7 Å². The minimum atomic E-state index is -0.525. The van der Waals surface area contributed by atoms with E-state index in [9.17, 15) is 9.59 Å². The van der Waals surface area contributed by atoms with Gasteiger partial charge in [-0.15, -0.1) is 11.3 Å². The fourth-order valence-corrected chi connectivity index (χ4v) is 4.08. The minimum Gasteiger partial charge on any atom is -0.490 e. The van der Waals surface area contributed by atoms with Crippen LogP contribution < -0.4 is 21.1 Å². The molecule has 0 saturated heterocycles. The molecule has 2 amide bonds. The highest BCUT2D eigenvalue weighted by Gasteiger charge is 2.21. The van der Waals surface area contributed by atoms with Gasteiger partial charge >= 0.3 is 0 Å². The van der Waals surface area contributed by atoms with Crippen LogP contribution in [-0.4, -0.2) is 23.0 Å². The normalized spacial score (nSPS) is 10.6. The monoisotopic (exact) mass is 405 g/mol. The Morgan fingerprint density at radius 3 is 2.56 bits per heavy atom. The number of aryl methyl sites for hydroxylation is 1. The molecule has 0 aliphatic carbocycles. The smallest absolute Gasteiger partial charge is 0.261 e. The van der Waals surface area contributed by atoms with Gasteiger partial charge in [0.15, 0.2) is 5.11 Å². The second kappa shape index (κ2) is 8.96. The molecule has 1 aromatic carbocycles. The summed E-state index contributed by atoms with van der Waals surface area (Å²) in [6.07, 6.45) is 0.616. The minimum absolute atomic E-state index is 0.0660. The molecule has 0 spiro atoms. The van der Waals surface area contributed by atoms with Crippen LogP contribution in [0.4, 0.5) is 5.00 Å². The number of hydrogen-bond acceptors (Lipinski definition) is 5. The summed E-state index contributed by atoms with van der Waals surface area (Å²) in [5.41, 5.74) is 7.20. The Morgan fingerprint density at radius 1 is 1.30 bits per heavy atom. The first kappa shape index (κ1) is 20.9. The van der Waals surface area contributed by atoms with Crippen molar-refractivity contribution in [3.8, 4) is 5.75 Å². The molecule has 8 heteroatoms. The first-order valence-electron chi connectivity index (χ1n) is 8.54. The van der Waals surface area contributed by atoms with Crippen LogP contribution in [0.3, 0.4) is 0 Å². The van der Waals surface area contributed by atoms with E-state index in [1.54, 1.807) is 24.3 Å². The van der Waals surface area contributed by atoms with Gasteiger partial charge < -0.3 is 15.8 Å². The van der Waals surface area contributed by atoms with E-state index in [2.05, 4.69) is 10.6 Å². The lowest BCUT2D eigenvalue weighted by Gasteiger charge is -2.14. The molecule has 2 rings (SSSR count). The maximum absolute atomic E-state index is 12.6. The van der Waals surface area contributed by atoms with Crippen molar-refractivity contribution in [3.63, 3.8) is 0 Å². The molecule has 1 aromatic heterocycles. The highest BCUT2D eigenvalue weighted by molar-refractivity contribution is 7.80. The van der Waals surface area contributed by atoms with Gasteiger partial charge in [0, 0.05) is 4.88 Å². The van der Waals surface area contributed by atoms with Gasteiger partial charge in [-0.25, -0.2) is 0 Å². The van der Waals surface area contributed by atoms with Crippen molar-refractivity contribution in [1.82, 2.24) is 5.32 Å². The van der Waals surface area contributed by atoms with Crippen molar-refractivity contribution in [3.05, 3.63) is 45.8 Å². The summed E-state index contributed by atoms with van der Waals surface area (Å²) in [4.78, 5) is 25.4. The third-order valence-electron chi connectivity index (χ3n) is 3.76. The standard InChI is InChI=1S/C19H23N3O3S2/c1-5-12-11(4)27-18(15(12)16(20)23)22-19(26)21-17(24)13-8-6-7-9-14(13)25-10(2)3/h6-10H,5H2,1-4H3,(H2,20,23)(H2,21,22,24,26). The Kier molecular flexibility index (Phi) is 6.92. The molecule has 144 valence electrons.